The van der Waals surface area contributed by atoms with Crippen LogP contribution in [0.15, 0.2) is 48.5 Å². The molecule has 1 heterocycles. The van der Waals surface area contributed by atoms with Crippen LogP contribution < -0.4 is 9.47 Å². The van der Waals surface area contributed by atoms with E-state index in [1.807, 2.05) is 42.2 Å². The molecule has 2 aromatic rings. The van der Waals surface area contributed by atoms with Crippen molar-refractivity contribution < 1.29 is 18.7 Å². The van der Waals surface area contributed by atoms with Crippen molar-refractivity contribution >= 4 is 5.91 Å². The molecule has 2 unspecified atom stereocenters. The monoisotopic (exact) mass is 386 g/mol. The molecule has 2 aromatic carbocycles. The summed E-state index contributed by atoms with van der Waals surface area (Å²) in [5.74, 6) is 1.06. The Kier molecular flexibility index (Phi) is 6.52. The summed E-state index contributed by atoms with van der Waals surface area (Å²) in [5.41, 5.74) is 1.07. The lowest BCUT2D eigenvalue weighted by molar-refractivity contribution is -0.139. The molecular weight excluding hydrogens is 359 g/mol. The summed E-state index contributed by atoms with van der Waals surface area (Å²) in [5, 5.41) is 0. The number of rotatable bonds is 6. The van der Waals surface area contributed by atoms with E-state index in [2.05, 4.69) is 11.8 Å². The van der Waals surface area contributed by atoms with Gasteiger partial charge in [-0.25, -0.2) is 4.39 Å². The fourth-order valence-electron chi connectivity index (χ4n) is 3.51. The molecule has 1 saturated heterocycles. The summed E-state index contributed by atoms with van der Waals surface area (Å²) in [7, 11) is 1.60. The first-order valence-electron chi connectivity index (χ1n) is 9.51. The Hall–Kier alpha value is -2.60. The zero-order chi connectivity index (χ0) is 20.1. The van der Waals surface area contributed by atoms with Crippen molar-refractivity contribution in [3.8, 4) is 11.5 Å². The lowest BCUT2D eigenvalue weighted by Gasteiger charge is -2.44. The van der Waals surface area contributed by atoms with Crippen LogP contribution in [-0.2, 0) is 11.3 Å². The number of methoxy groups -OCH3 is 1. The van der Waals surface area contributed by atoms with E-state index in [4.69, 9.17) is 9.47 Å². The quantitative estimate of drug-likeness (QED) is 0.764. The number of hydrogen-bond donors (Lipinski definition) is 0. The van der Waals surface area contributed by atoms with Crippen molar-refractivity contribution in [1.82, 2.24) is 9.80 Å². The van der Waals surface area contributed by atoms with E-state index >= 15 is 0 Å². The summed E-state index contributed by atoms with van der Waals surface area (Å²) in [4.78, 5) is 16.9. The van der Waals surface area contributed by atoms with Gasteiger partial charge in [-0.05, 0) is 43.7 Å². The van der Waals surface area contributed by atoms with Crippen LogP contribution in [0, 0.1) is 5.82 Å². The number of ether oxygens (including phenoxy) is 2. The van der Waals surface area contributed by atoms with Gasteiger partial charge in [0.25, 0.3) is 5.91 Å². The number of nitrogens with zero attached hydrogens (tertiary/aromatic N) is 2. The van der Waals surface area contributed by atoms with Gasteiger partial charge in [0, 0.05) is 37.8 Å². The Bertz CT molecular complexity index is 797. The molecule has 2 atom stereocenters. The molecule has 0 aromatic heterocycles. The molecule has 3 rings (SSSR count). The molecule has 5 nitrogen and oxygen atoms in total. The Morgan fingerprint density at radius 2 is 1.79 bits per heavy atom. The molecule has 0 spiro atoms. The molecule has 0 N–H and O–H groups in total. The van der Waals surface area contributed by atoms with Crippen molar-refractivity contribution in [3.63, 3.8) is 0 Å². The zero-order valence-electron chi connectivity index (χ0n) is 16.6. The van der Waals surface area contributed by atoms with E-state index in [9.17, 15) is 9.18 Å². The lowest BCUT2D eigenvalue weighted by atomic mass is 10.1. The number of hydrogen-bond acceptors (Lipinski definition) is 4. The van der Waals surface area contributed by atoms with Crippen molar-refractivity contribution in [2.75, 3.05) is 26.8 Å². The standard InChI is InChI=1S/C22H27FN2O3/c1-16-13-25(22(26)15-28-21-6-4-5-20(11-21)27-3)17(2)12-24(16)14-18-7-9-19(23)10-8-18/h4-11,16-17H,12-15H2,1-3H3. The summed E-state index contributed by atoms with van der Waals surface area (Å²) < 4.78 is 23.9. The average molecular weight is 386 g/mol. The summed E-state index contributed by atoms with van der Waals surface area (Å²) in [6.45, 7) is 6.31. The average Bonchev–Trinajstić information content (AvgIpc) is 2.70. The van der Waals surface area contributed by atoms with Crippen LogP contribution in [0.25, 0.3) is 0 Å². The van der Waals surface area contributed by atoms with Gasteiger partial charge >= 0.3 is 0 Å². The molecule has 1 amide bonds. The van der Waals surface area contributed by atoms with Gasteiger partial charge in [0.1, 0.15) is 17.3 Å². The van der Waals surface area contributed by atoms with E-state index in [0.29, 0.717) is 18.0 Å². The minimum atomic E-state index is -0.225. The van der Waals surface area contributed by atoms with Crippen LogP contribution in [-0.4, -0.2) is 54.6 Å². The van der Waals surface area contributed by atoms with Crippen molar-refractivity contribution in [3.05, 3.63) is 59.9 Å². The Morgan fingerprint density at radius 3 is 2.50 bits per heavy atom. The molecule has 1 aliphatic heterocycles. The molecule has 6 heteroatoms. The second kappa shape index (κ2) is 9.06. The highest BCUT2D eigenvalue weighted by atomic mass is 19.1. The maximum Gasteiger partial charge on any atom is 0.260 e. The van der Waals surface area contributed by atoms with Gasteiger partial charge in [-0.3, -0.25) is 9.69 Å². The molecule has 0 bridgehead atoms. The minimum Gasteiger partial charge on any atom is -0.497 e. The van der Waals surface area contributed by atoms with Crippen molar-refractivity contribution in [2.24, 2.45) is 0 Å². The second-order valence-corrected chi connectivity index (χ2v) is 7.27. The number of benzene rings is 2. The fourth-order valence-corrected chi connectivity index (χ4v) is 3.51. The highest BCUT2D eigenvalue weighted by molar-refractivity contribution is 5.78. The van der Waals surface area contributed by atoms with Gasteiger partial charge < -0.3 is 14.4 Å². The summed E-state index contributed by atoms with van der Waals surface area (Å²) in [6.07, 6.45) is 0. The zero-order valence-corrected chi connectivity index (χ0v) is 16.6. The van der Waals surface area contributed by atoms with Gasteiger partial charge in [0.05, 0.1) is 7.11 Å². The number of carbonyl (C=O) groups is 1. The van der Waals surface area contributed by atoms with E-state index < -0.39 is 0 Å². The molecule has 150 valence electrons. The first kappa shape index (κ1) is 20.1. The predicted octanol–water partition coefficient (Wildman–Crippen LogP) is 3.33. The van der Waals surface area contributed by atoms with Crippen LogP contribution in [0.5, 0.6) is 11.5 Å². The van der Waals surface area contributed by atoms with E-state index in [1.54, 1.807) is 13.2 Å². The predicted molar refractivity (Wildman–Crippen MR) is 106 cm³/mol. The smallest absolute Gasteiger partial charge is 0.260 e. The third kappa shape index (κ3) is 5.01. The van der Waals surface area contributed by atoms with Crippen LogP contribution >= 0.6 is 0 Å². The van der Waals surface area contributed by atoms with Gasteiger partial charge in [-0.2, -0.15) is 0 Å². The third-order valence-corrected chi connectivity index (χ3v) is 5.14. The number of piperazine rings is 1. The number of halogens is 1. The van der Waals surface area contributed by atoms with Gasteiger partial charge in [-0.1, -0.05) is 18.2 Å². The van der Waals surface area contributed by atoms with Crippen LogP contribution in [0.4, 0.5) is 4.39 Å². The lowest BCUT2D eigenvalue weighted by Crippen LogP contribution is -2.58. The summed E-state index contributed by atoms with van der Waals surface area (Å²) >= 11 is 0. The molecule has 0 saturated carbocycles. The maximum absolute atomic E-state index is 13.1. The third-order valence-electron chi connectivity index (χ3n) is 5.14. The Labute approximate surface area is 165 Å². The first-order chi connectivity index (χ1) is 13.5. The number of carbonyl (C=O) groups excluding carboxylic acids is 1. The van der Waals surface area contributed by atoms with Crippen molar-refractivity contribution in [2.45, 2.75) is 32.5 Å². The van der Waals surface area contributed by atoms with E-state index in [-0.39, 0.29) is 30.4 Å². The topological polar surface area (TPSA) is 42.0 Å². The number of amides is 1. The van der Waals surface area contributed by atoms with E-state index in [1.165, 1.54) is 12.1 Å². The van der Waals surface area contributed by atoms with Crippen LogP contribution in [0.1, 0.15) is 19.4 Å². The molecule has 28 heavy (non-hydrogen) atoms. The Morgan fingerprint density at radius 1 is 1.07 bits per heavy atom. The minimum absolute atomic E-state index is 0.00217. The van der Waals surface area contributed by atoms with Crippen molar-refractivity contribution in [1.29, 1.82) is 0 Å². The largest absolute Gasteiger partial charge is 0.497 e. The SMILES string of the molecule is COc1cccc(OCC(=O)N2CC(C)N(Cc3ccc(F)cc3)CC2C)c1. The first-order valence-corrected chi connectivity index (χ1v) is 9.51. The maximum atomic E-state index is 13.1. The van der Waals surface area contributed by atoms with E-state index in [0.717, 1.165) is 18.7 Å². The normalized spacial score (nSPS) is 20.1. The van der Waals surface area contributed by atoms with Gasteiger partial charge in [0.2, 0.25) is 0 Å². The molecule has 1 aliphatic rings. The molecule has 0 aliphatic carbocycles. The second-order valence-electron chi connectivity index (χ2n) is 7.27. The van der Waals surface area contributed by atoms with Gasteiger partial charge in [0.15, 0.2) is 6.61 Å². The fraction of sp³-hybridized carbons (Fsp3) is 0.409. The van der Waals surface area contributed by atoms with Gasteiger partial charge in [-0.15, -0.1) is 0 Å². The molecular formula is C22H27FN2O3. The Balaban J connectivity index is 1.55. The summed E-state index contributed by atoms with van der Waals surface area (Å²) in [6, 6.07) is 14.1. The van der Waals surface area contributed by atoms with Crippen LogP contribution in [0.3, 0.4) is 0 Å². The van der Waals surface area contributed by atoms with Crippen LogP contribution in [0.2, 0.25) is 0 Å². The highest BCUT2D eigenvalue weighted by Gasteiger charge is 2.32. The molecule has 0 radical (unpaired) electrons. The molecule has 1 fully saturated rings. The highest BCUT2D eigenvalue weighted by Crippen LogP contribution is 2.21.